The van der Waals surface area contributed by atoms with Crippen LogP contribution < -0.4 is 10.1 Å². The van der Waals surface area contributed by atoms with Crippen molar-refractivity contribution in [1.82, 2.24) is 10.2 Å². The van der Waals surface area contributed by atoms with Crippen molar-refractivity contribution in [2.24, 2.45) is 0 Å². The molecule has 6 nitrogen and oxygen atoms in total. The number of ether oxygens (including phenoxy) is 1. The topological polar surface area (TPSA) is 85.6 Å². The molecule has 3 rings (SSSR count). The van der Waals surface area contributed by atoms with Gasteiger partial charge >= 0.3 is 6.09 Å². The van der Waals surface area contributed by atoms with Crippen molar-refractivity contribution in [3.05, 3.63) is 29.8 Å². The van der Waals surface area contributed by atoms with Gasteiger partial charge in [-0.25, -0.2) is 4.79 Å². The van der Waals surface area contributed by atoms with Crippen LogP contribution in [0.2, 0.25) is 0 Å². The first-order valence-electron chi connectivity index (χ1n) is 9.36. The van der Waals surface area contributed by atoms with Crippen LogP contribution in [0.5, 0.6) is 5.75 Å². The predicted octanol–water partition coefficient (Wildman–Crippen LogP) is 3.13. The van der Waals surface area contributed by atoms with Crippen molar-refractivity contribution in [3.8, 4) is 11.8 Å². The van der Waals surface area contributed by atoms with Crippen LogP contribution in [0.1, 0.15) is 44.1 Å². The number of piperidine rings is 1. The minimum Gasteiger partial charge on any atom is -0.497 e. The van der Waals surface area contributed by atoms with Crippen LogP contribution in [0.15, 0.2) is 24.3 Å². The first-order valence-corrected chi connectivity index (χ1v) is 9.36. The Morgan fingerprint density at radius 3 is 2.50 bits per heavy atom. The number of rotatable bonds is 4. The third-order valence-electron chi connectivity index (χ3n) is 5.91. The lowest BCUT2D eigenvalue weighted by Gasteiger charge is -2.39. The number of likely N-dealkylation sites (tertiary alicyclic amines) is 1. The Bertz CT molecular complexity index is 669. The Balaban J connectivity index is 1.56. The molecule has 0 aromatic heterocycles. The standard InChI is InChI=1S/C20H27N3O3/c1-26-18-4-2-3-15(13-18)20(14-21)9-5-16(6-10-20)22-17-7-11-23(12-8-17)19(24)25/h2-4,13,16-17,22H,5-12H2,1H3,(H,24,25)/t16-,20+. The van der Waals surface area contributed by atoms with E-state index in [9.17, 15) is 10.1 Å². The molecule has 2 N–H and O–H groups in total. The van der Waals surface area contributed by atoms with Crippen molar-refractivity contribution in [2.75, 3.05) is 20.2 Å². The van der Waals surface area contributed by atoms with Crippen LogP contribution in [0.4, 0.5) is 4.79 Å². The van der Waals surface area contributed by atoms with E-state index in [1.165, 1.54) is 4.90 Å². The number of nitrogens with zero attached hydrogens (tertiary/aromatic N) is 2. The van der Waals surface area contributed by atoms with E-state index < -0.39 is 11.5 Å². The average Bonchev–Trinajstić information content (AvgIpc) is 2.69. The molecule has 1 saturated carbocycles. The summed E-state index contributed by atoms with van der Waals surface area (Å²) < 4.78 is 5.31. The predicted molar refractivity (Wildman–Crippen MR) is 98.3 cm³/mol. The maximum Gasteiger partial charge on any atom is 0.407 e. The maximum atomic E-state index is 11.0. The lowest BCUT2D eigenvalue weighted by Crippen LogP contribution is -2.49. The fourth-order valence-electron chi connectivity index (χ4n) is 4.23. The molecule has 0 radical (unpaired) electrons. The van der Waals surface area contributed by atoms with Crippen LogP contribution in [-0.2, 0) is 5.41 Å². The smallest absolute Gasteiger partial charge is 0.407 e. The Labute approximate surface area is 154 Å². The number of nitriles is 1. The van der Waals surface area contributed by atoms with Crippen LogP contribution >= 0.6 is 0 Å². The molecule has 0 atom stereocenters. The third kappa shape index (κ3) is 3.94. The summed E-state index contributed by atoms with van der Waals surface area (Å²) in [5.41, 5.74) is 0.618. The number of hydrogen-bond donors (Lipinski definition) is 2. The van der Waals surface area contributed by atoms with Crippen molar-refractivity contribution in [3.63, 3.8) is 0 Å². The molecule has 1 aromatic carbocycles. The van der Waals surface area contributed by atoms with E-state index in [0.717, 1.165) is 49.8 Å². The largest absolute Gasteiger partial charge is 0.497 e. The molecule has 1 amide bonds. The van der Waals surface area contributed by atoms with Crippen molar-refractivity contribution in [2.45, 2.75) is 56.0 Å². The summed E-state index contributed by atoms with van der Waals surface area (Å²) in [5.74, 6) is 0.794. The van der Waals surface area contributed by atoms with Gasteiger partial charge in [0.15, 0.2) is 0 Å². The van der Waals surface area contributed by atoms with Gasteiger partial charge in [0.2, 0.25) is 0 Å². The highest BCUT2D eigenvalue weighted by Crippen LogP contribution is 2.40. The minimum absolute atomic E-state index is 0.377. The van der Waals surface area contributed by atoms with Gasteiger partial charge in [-0.05, 0) is 56.2 Å². The van der Waals surface area contributed by atoms with E-state index in [1.807, 2.05) is 24.3 Å². The summed E-state index contributed by atoms with van der Waals surface area (Å²) in [5, 5.41) is 22.6. The van der Waals surface area contributed by atoms with E-state index in [1.54, 1.807) is 7.11 Å². The fourth-order valence-corrected chi connectivity index (χ4v) is 4.23. The zero-order valence-corrected chi connectivity index (χ0v) is 15.3. The minimum atomic E-state index is -0.821. The first-order chi connectivity index (χ1) is 12.6. The summed E-state index contributed by atoms with van der Waals surface area (Å²) >= 11 is 0. The van der Waals surface area contributed by atoms with E-state index in [0.29, 0.717) is 25.2 Å². The van der Waals surface area contributed by atoms with E-state index in [2.05, 4.69) is 11.4 Å². The molecule has 1 saturated heterocycles. The van der Waals surface area contributed by atoms with Gasteiger partial charge in [-0.15, -0.1) is 0 Å². The molecule has 2 aliphatic rings. The number of amides is 1. The molecule has 0 bridgehead atoms. The number of methoxy groups -OCH3 is 1. The van der Waals surface area contributed by atoms with E-state index >= 15 is 0 Å². The summed E-state index contributed by atoms with van der Waals surface area (Å²) in [6.07, 6.45) is 4.50. The number of benzene rings is 1. The Morgan fingerprint density at radius 1 is 1.27 bits per heavy atom. The summed E-state index contributed by atoms with van der Waals surface area (Å²) in [6.45, 7) is 1.21. The zero-order valence-electron chi connectivity index (χ0n) is 15.3. The molecular weight excluding hydrogens is 330 g/mol. The van der Waals surface area contributed by atoms with Gasteiger partial charge in [0.1, 0.15) is 5.75 Å². The van der Waals surface area contributed by atoms with Crippen LogP contribution in [-0.4, -0.2) is 48.4 Å². The highest BCUT2D eigenvalue weighted by atomic mass is 16.5. The molecule has 6 heteroatoms. The number of carboxylic acid groups (broad SMARTS) is 1. The van der Waals surface area contributed by atoms with Crippen molar-refractivity contribution < 1.29 is 14.6 Å². The fraction of sp³-hybridized carbons (Fsp3) is 0.600. The molecule has 26 heavy (non-hydrogen) atoms. The highest BCUT2D eigenvalue weighted by Gasteiger charge is 2.38. The van der Waals surface area contributed by atoms with Gasteiger partial charge in [0.05, 0.1) is 18.6 Å². The lowest BCUT2D eigenvalue weighted by molar-refractivity contribution is 0.125. The SMILES string of the molecule is COc1cccc([C@]2(C#N)CC[C@H](NC3CCN(C(=O)O)CC3)CC2)c1. The third-order valence-corrected chi connectivity index (χ3v) is 5.91. The summed E-state index contributed by atoms with van der Waals surface area (Å²) in [4.78, 5) is 12.5. The highest BCUT2D eigenvalue weighted by molar-refractivity contribution is 5.65. The average molecular weight is 357 g/mol. The molecule has 1 aromatic rings. The maximum absolute atomic E-state index is 11.0. The van der Waals surface area contributed by atoms with E-state index in [-0.39, 0.29) is 0 Å². The second kappa shape index (κ2) is 7.96. The zero-order chi connectivity index (χ0) is 18.6. The quantitative estimate of drug-likeness (QED) is 0.865. The number of carbonyl (C=O) groups is 1. The Kier molecular flexibility index (Phi) is 5.67. The summed E-state index contributed by atoms with van der Waals surface area (Å²) in [6, 6.07) is 11.2. The molecular formula is C20H27N3O3. The number of hydrogen-bond acceptors (Lipinski definition) is 4. The van der Waals surface area contributed by atoms with Gasteiger partial charge in [-0.2, -0.15) is 5.26 Å². The second-order valence-corrected chi connectivity index (χ2v) is 7.41. The van der Waals surface area contributed by atoms with Gasteiger partial charge in [-0.1, -0.05) is 12.1 Å². The van der Waals surface area contributed by atoms with Gasteiger partial charge < -0.3 is 20.1 Å². The van der Waals surface area contributed by atoms with E-state index in [4.69, 9.17) is 9.84 Å². The molecule has 1 heterocycles. The van der Waals surface area contributed by atoms with Crippen LogP contribution in [0.3, 0.4) is 0 Å². The van der Waals surface area contributed by atoms with Gasteiger partial charge in [-0.3, -0.25) is 0 Å². The lowest BCUT2D eigenvalue weighted by atomic mass is 9.69. The van der Waals surface area contributed by atoms with Crippen LogP contribution in [0.25, 0.3) is 0 Å². The normalized spacial score (nSPS) is 26.9. The number of nitrogens with one attached hydrogen (secondary N) is 1. The summed E-state index contributed by atoms with van der Waals surface area (Å²) in [7, 11) is 1.65. The Hall–Kier alpha value is -2.26. The molecule has 1 aliphatic carbocycles. The Morgan fingerprint density at radius 2 is 1.92 bits per heavy atom. The first kappa shape index (κ1) is 18.5. The monoisotopic (exact) mass is 357 g/mol. The molecule has 1 aliphatic heterocycles. The van der Waals surface area contributed by atoms with Crippen LogP contribution in [0, 0.1) is 11.3 Å². The van der Waals surface area contributed by atoms with Gasteiger partial charge in [0.25, 0.3) is 0 Å². The molecule has 0 unspecified atom stereocenters. The van der Waals surface area contributed by atoms with Crippen molar-refractivity contribution >= 4 is 6.09 Å². The second-order valence-electron chi connectivity index (χ2n) is 7.41. The van der Waals surface area contributed by atoms with Crippen molar-refractivity contribution in [1.29, 1.82) is 5.26 Å². The molecule has 2 fully saturated rings. The molecule has 0 spiro atoms. The van der Waals surface area contributed by atoms with Gasteiger partial charge in [0, 0.05) is 25.2 Å². The molecule has 140 valence electrons.